The predicted molar refractivity (Wildman–Crippen MR) is 105 cm³/mol. The van der Waals surface area contributed by atoms with E-state index >= 15 is 0 Å². The lowest BCUT2D eigenvalue weighted by atomic mass is 10.2. The highest BCUT2D eigenvalue weighted by atomic mass is 32.1. The van der Waals surface area contributed by atoms with Gasteiger partial charge in [0.1, 0.15) is 0 Å². The van der Waals surface area contributed by atoms with Crippen LogP contribution in [0.3, 0.4) is 0 Å². The molecule has 3 rings (SSSR count). The van der Waals surface area contributed by atoms with E-state index in [0.29, 0.717) is 17.4 Å². The zero-order chi connectivity index (χ0) is 19.9. The Morgan fingerprint density at radius 1 is 1.29 bits per heavy atom. The van der Waals surface area contributed by atoms with Crippen LogP contribution in [0.1, 0.15) is 31.4 Å². The fourth-order valence-corrected chi connectivity index (χ4v) is 3.06. The van der Waals surface area contributed by atoms with Crippen molar-refractivity contribution < 1.29 is 23.4 Å². The van der Waals surface area contributed by atoms with Crippen molar-refractivity contribution in [3.8, 4) is 22.3 Å². The van der Waals surface area contributed by atoms with Crippen molar-refractivity contribution in [2.75, 3.05) is 13.7 Å². The Morgan fingerprint density at radius 3 is 2.86 bits per heavy atom. The van der Waals surface area contributed by atoms with Gasteiger partial charge in [-0.3, -0.25) is 0 Å². The molecule has 0 radical (unpaired) electrons. The highest BCUT2D eigenvalue weighted by molar-refractivity contribution is 7.13. The minimum Gasteiger partial charge on any atom is -0.493 e. The molecule has 0 aliphatic rings. The minimum absolute atomic E-state index is 0.227. The number of methoxy groups -OCH3 is 1. The molecule has 3 aromatic rings. The maximum Gasteiger partial charge on any atom is 0.344 e. The molecule has 2 heterocycles. The van der Waals surface area contributed by atoms with Crippen LogP contribution in [-0.4, -0.2) is 29.9 Å². The number of hydrogen-bond donors (Lipinski definition) is 0. The van der Waals surface area contributed by atoms with Crippen molar-refractivity contribution in [2.45, 2.75) is 20.0 Å². The van der Waals surface area contributed by atoms with Gasteiger partial charge >= 0.3 is 5.97 Å². The molecule has 0 saturated heterocycles. The van der Waals surface area contributed by atoms with E-state index in [1.807, 2.05) is 48.7 Å². The van der Waals surface area contributed by atoms with Crippen molar-refractivity contribution >= 4 is 23.4 Å². The lowest BCUT2D eigenvalue weighted by molar-refractivity contribution is -0.152. The van der Waals surface area contributed by atoms with Crippen LogP contribution in [0.25, 0.3) is 16.8 Å². The monoisotopic (exact) mass is 400 g/mol. The summed E-state index contributed by atoms with van der Waals surface area (Å²) in [6.45, 7) is 3.33. The minimum atomic E-state index is -0.684. The molecule has 1 atom stereocenters. The number of ether oxygens (including phenoxy) is 3. The molecule has 0 spiro atoms. The summed E-state index contributed by atoms with van der Waals surface area (Å²) in [5.41, 5.74) is 0.973. The normalized spacial score (nSPS) is 12.1. The van der Waals surface area contributed by atoms with E-state index in [1.165, 1.54) is 11.3 Å². The van der Waals surface area contributed by atoms with Gasteiger partial charge in [-0.1, -0.05) is 24.3 Å². The second-order valence-electron chi connectivity index (χ2n) is 5.75. The number of carbonyl (C=O) groups excluding carboxylic acids is 1. The van der Waals surface area contributed by atoms with E-state index in [-0.39, 0.29) is 12.5 Å². The van der Waals surface area contributed by atoms with E-state index < -0.39 is 12.1 Å². The second-order valence-corrected chi connectivity index (χ2v) is 6.70. The van der Waals surface area contributed by atoms with Crippen LogP contribution >= 0.6 is 11.3 Å². The molecule has 0 unspecified atom stereocenters. The van der Waals surface area contributed by atoms with Crippen molar-refractivity contribution in [2.24, 2.45) is 0 Å². The third kappa shape index (κ3) is 4.77. The fraction of sp³-hybridized carbons (Fsp3) is 0.250. The van der Waals surface area contributed by atoms with Gasteiger partial charge in [-0.15, -0.1) is 21.5 Å². The number of allylic oxidation sites excluding steroid dienone is 1. The molecule has 7 nitrogen and oxygen atoms in total. The predicted octanol–water partition coefficient (Wildman–Crippen LogP) is 4.52. The summed E-state index contributed by atoms with van der Waals surface area (Å²) in [4.78, 5) is 13.0. The van der Waals surface area contributed by atoms with Gasteiger partial charge in [0.2, 0.25) is 0 Å². The quantitative estimate of drug-likeness (QED) is 0.514. The topological polar surface area (TPSA) is 83.7 Å². The molecular weight excluding hydrogens is 380 g/mol. The SMILES string of the molecule is C/C=C/c1ccc(OCC(=O)O[C@@H](C)c2nnc(-c3cccs3)o2)c(OC)c1. The summed E-state index contributed by atoms with van der Waals surface area (Å²) in [5.74, 6) is 1.06. The summed E-state index contributed by atoms with van der Waals surface area (Å²) < 4.78 is 21.7. The molecule has 0 aliphatic heterocycles. The molecule has 2 aromatic heterocycles. The number of nitrogens with zero attached hydrogens (tertiary/aromatic N) is 2. The van der Waals surface area contributed by atoms with Crippen LogP contribution in [0.2, 0.25) is 0 Å². The Bertz CT molecular complexity index is 949. The smallest absolute Gasteiger partial charge is 0.344 e. The van der Waals surface area contributed by atoms with Crippen molar-refractivity contribution in [3.63, 3.8) is 0 Å². The van der Waals surface area contributed by atoms with E-state index in [9.17, 15) is 4.79 Å². The first kappa shape index (κ1) is 19.6. The Kier molecular flexibility index (Phi) is 6.44. The number of aromatic nitrogens is 2. The van der Waals surface area contributed by atoms with E-state index in [2.05, 4.69) is 10.2 Å². The molecule has 28 heavy (non-hydrogen) atoms. The molecule has 0 aliphatic carbocycles. The van der Waals surface area contributed by atoms with Gasteiger partial charge in [-0.2, -0.15) is 0 Å². The summed E-state index contributed by atoms with van der Waals surface area (Å²) in [7, 11) is 1.54. The maximum absolute atomic E-state index is 12.1. The second kappa shape index (κ2) is 9.18. The Balaban J connectivity index is 1.57. The number of rotatable bonds is 8. The van der Waals surface area contributed by atoms with Crippen LogP contribution < -0.4 is 9.47 Å². The molecule has 0 fully saturated rings. The standard InChI is InChI=1S/C20H20N2O5S/c1-4-6-14-8-9-15(16(11-14)24-3)25-12-18(23)26-13(2)19-21-22-20(27-19)17-7-5-10-28-17/h4-11,13H,12H2,1-3H3/b6-4+/t13-/m0/s1. The van der Waals surface area contributed by atoms with Crippen LogP contribution in [0.15, 0.2) is 46.2 Å². The van der Waals surface area contributed by atoms with Crippen molar-refractivity contribution in [1.29, 1.82) is 0 Å². The molecule has 1 aromatic carbocycles. The number of hydrogen-bond acceptors (Lipinski definition) is 8. The third-order valence-electron chi connectivity index (χ3n) is 3.72. The average molecular weight is 400 g/mol. The molecule has 0 saturated carbocycles. The molecular formula is C20H20N2O5S. The Hall–Kier alpha value is -3.13. The number of carbonyl (C=O) groups is 1. The van der Waals surface area contributed by atoms with Crippen molar-refractivity contribution in [1.82, 2.24) is 10.2 Å². The highest BCUT2D eigenvalue weighted by Gasteiger charge is 2.20. The van der Waals surface area contributed by atoms with E-state index in [4.69, 9.17) is 18.6 Å². The van der Waals surface area contributed by atoms with Gasteiger partial charge in [0, 0.05) is 0 Å². The van der Waals surface area contributed by atoms with Crippen LogP contribution in [0, 0.1) is 0 Å². The highest BCUT2D eigenvalue weighted by Crippen LogP contribution is 2.29. The average Bonchev–Trinajstić information content (AvgIpc) is 3.38. The fourth-order valence-electron chi connectivity index (χ4n) is 2.42. The van der Waals surface area contributed by atoms with E-state index in [0.717, 1.165) is 10.4 Å². The first-order valence-corrected chi connectivity index (χ1v) is 9.49. The zero-order valence-corrected chi connectivity index (χ0v) is 16.6. The van der Waals surface area contributed by atoms with Crippen LogP contribution in [0.5, 0.6) is 11.5 Å². The summed E-state index contributed by atoms with van der Waals surface area (Å²) in [5, 5.41) is 9.84. The summed E-state index contributed by atoms with van der Waals surface area (Å²) in [6, 6.07) is 9.21. The molecule has 146 valence electrons. The third-order valence-corrected chi connectivity index (χ3v) is 4.58. The van der Waals surface area contributed by atoms with Gasteiger partial charge in [0.05, 0.1) is 12.0 Å². The zero-order valence-electron chi connectivity index (χ0n) is 15.7. The number of benzene rings is 1. The number of esters is 1. The largest absolute Gasteiger partial charge is 0.493 e. The first-order valence-electron chi connectivity index (χ1n) is 8.61. The van der Waals surface area contributed by atoms with Gasteiger partial charge in [0.25, 0.3) is 11.8 Å². The van der Waals surface area contributed by atoms with E-state index in [1.54, 1.807) is 20.1 Å². The van der Waals surface area contributed by atoms with Gasteiger partial charge in [-0.25, -0.2) is 4.79 Å². The van der Waals surface area contributed by atoms with Gasteiger partial charge in [0.15, 0.2) is 24.2 Å². The maximum atomic E-state index is 12.1. The van der Waals surface area contributed by atoms with Gasteiger partial charge in [-0.05, 0) is 43.0 Å². The summed E-state index contributed by atoms with van der Waals surface area (Å²) >= 11 is 1.49. The molecule has 8 heteroatoms. The molecule has 0 N–H and O–H groups in total. The molecule has 0 amide bonds. The number of thiophene rings is 1. The van der Waals surface area contributed by atoms with Crippen LogP contribution in [-0.2, 0) is 9.53 Å². The lowest BCUT2D eigenvalue weighted by Crippen LogP contribution is -2.17. The first-order chi connectivity index (χ1) is 13.6. The Morgan fingerprint density at radius 2 is 2.14 bits per heavy atom. The Labute approximate surface area is 166 Å². The van der Waals surface area contributed by atoms with Gasteiger partial charge < -0.3 is 18.6 Å². The summed E-state index contributed by atoms with van der Waals surface area (Å²) in [6.07, 6.45) is 3.18. The lowest BCUT2D eigenvalue weighted by Gasteiger charge is -2.12. The molecule has 0 bridgehead atoms. The van der Waals surface area contributed by atoms with Crippen molar-refractivity contribution in [3.05, 3.63) is 53.2 Å². The van der Waals surface area contributed by atoms with Crippen LogP contribution in [0.4, 0.5) is 0 Å².